The lowest BCUT2D eigenvalue weighted by molar-refractivity contribution is -0.386. The van der Waals surface area contributed by atoms with Crippen LogP contribution < -0.4 is 15.2 Å². The smallest absolute Gasteiger partial charge is 0.311 e. The molecule has 0 aromatic heterocycles. The molecule has 0 spiro atoms. The molecule has 138 valence electrons. The van der Waals surface area contributed by atoms with Crippen LogP contribution in [0.25, 0.3) is 6.08 Å². The molecule has 1 heterocycles. The first-order valence-corrected chi connectivity index (χ1v) is 8.24. The number of rotatable bonds is 5. The Bertz CT molecular complexity index is 938. The Morgan fingerprint density at radius 3 is 2.44 bits per heavy atom. The van der Waals surface area contributed by atoms with E-state index in [9.17, 15) is 19.7 Å². The first-order valence-electron chi connectivity index (χ1n) is 8.24. The van der Waals surface area contributed by atoms with Crippen LogP contribution in [0.15, 0.2) is 54.1 Å². The molecule has 0 saturated carbocycles. The number of carbonyl (C=O) groups is 2. The molecule has 0 atom stereocenters. The van der Waals surface area contributed by atoms with Crippen molar-refractivity contribution in [3.63, 3.8) is 0 Å². The zero-order valence-electron chi connectivity index (χ0n) is 14.7. The summed E-state index contributed by atoms with van der Waals surface area (Å²) in [6.45, 7) is 3.47. The standard InChI is InChI=1S/C19H17N3O5/c1-12(2)27-17-13(7-6-10-16(17)22(25)26)11-15-18(23)20-21(19(15)24)14-8-4-3-5-9-14/h3-12H,1-2H3,(H,20,23). The van der Waals surface area contributed by atoms with Crippen LogP contribution in [0.3, 0.4) is 0 Å². The van der Waals surface area contributed by atoms with E-state index in [4.69, 9.17) is 4.74 Å². The molecule has 2 amide bonds. The van der Waals surface area contributed by atoms with Crippen molar-refractivity contribution in [3.05, 3.63) is 69.8 Å². The number of para-hydroxylation sites is 2. The van der Waals surface area contributed by atoms with E-state index >= 15 is 0 Å². The summed E-state index contributed by atoms with van der Waals surface area (Å²) in [6.07, 6.45) is 0.989. The molecule has 2 aromatic carbocycles. The molecule has 1 saturated heterocycles. The number of hydrogen-bond acceptors (Lipinski definition) is 5. The van der Waals surface area contributed by atoms with E-state index in [1.54, 1.807) is 50.2 Å². The predicted octanol–water partition coefficient (Wildman–Crippen LogP) is 2.84. The summed E-state index contributed by atoms with van der Waals surface area (Å²) in [5.74, 6) is -1.12. The van der Waals surface area contributed by atoms with Gasteiger partial charge in [-0.05, 0) is 32.1 Å². The average Bonchev–Trinajstić information content (AvgIpc) is 2.91. The maximum atomic E-state index is 12.7. The van der Waals surface area contributed by atoms with Gasteiger partial charge in [-0.15, -0.1) is 0 Å². The van der Waals surface area contributed by atoms with Crippen LogP contribution in [-0.4, -0.2) is 22.8 Å². The van der Waals surface area contributed by atoms with Crippen LogP contribution in [0.5, 0.6) is 5.75 Å². The van der Waals surface area contributed by atoms with Crippen LogP contribution in [0, 0.1) is 10.1 Å². The third-order valence-electron chi connectivity index (χ3n) is 3.78. The monoisotopic (exact) mass is 367 g/mol. The van der Waals surface area contributed by atoms with Gasteiger partial charge in [0.25, 0.3) is 11.8 Å². The maximum Gasteiger partial charge on any atom is 0.311 e. The third-order valence-corrected chi connectivity index (χ3v) is 3.78. The van der Waals surface area contributed by atoms with Gasteiger partial charge in [-0.3, -0.25) is 25.1 Å². The lowest BCUT2D eigenvalue weighted by Gasteiger charge is -2.14. The molecular formula is C19H17N3O5. The summed E-state index contributed by atoms with van der Waals surface area (Å²) >= 11 is 0. The predicted molar refractivity (Wildman–Crippen MR) is 98.9 cm³/mol. The molecule has 1 fully saturated rings. The molecule has 0 bridgehead atoms. The van der Waals surface area contributed by atoms with Crippen molar-refractivity contribution < 1.29 is 19.2 Å². The molecule has 0 radical (unpaired) electrons. The first kappa shape index (κ1) is 18.1. The number of nitro benzene ring substituents is 1. The number of hydrazine groups is 1. The van der Waals surface area contributed by atoms with Gasteiger partial charge in [-0.1, -0.05) is 30.3 Å². The van der Waals surface area contributed by atoms with E-state index in [1.165, 1.54) is 18.2 Å². The van der Waals surface area contributed by atoms with E-state index < -0.39 is 16.7 Å². The molecule has 0 unspecified atom stereocenters. The summed E-state index contributed by atoms with van der Waals surface area (Å²) in [5, 5.41) is 12.4. The summed E-state index contributed by atoms with van der Waals surface area (Å²) in [6, 6.07) is 13.0. The number of carbonyl (C=O) groups excluding carboxylic acids is 2. The maximum absolute atomic E-state index is 12.7. The van der Waals surface area contributed by atoms with Crippen LogP contribution in [0.4, 0.5) is 11.4 Å². The van der Waals surface area contributed by atoms with Gasteiger partial charge in [-0.25, -0.2) is 5.01 Å². The number of amides is 2. The highest BCUT2D eigenvalue weighted by Gasteiger charge is 2.35. The minimum Gasteiger partial charge on any atom is -0.484 e. The fraction of sp³-hybridized carbons (Fsp3) is 0.158. The van der Waals surface area contributed by atoms with Gasteiger partial charge in [-0.2, -0.15) is 0 Å². The zero-order chi connectivity index (χ0) is 19.6. The number of nitro groups is 1. The van der Waals surface area contributed by atoms with Gasteiger partial charge in [0, 0.05) is 11.6 Å². The molecule has 8 heteroatoms. The summed E-state index contributed by atoms with van der Waals surface area (Å²) in [5.41, 5.74) is 2.92. The van der Waals surface area contributed by atoms with E-state index in [1.807, 2.05) is 0 Å². The summed E-state index contributed by atoms with van der Waals surface area (Å²) < 4.78 is 5.59. The molecule has 2 aromatic rings. The Labute approximate surface area is 155 Å². The Kier molecular flexibility index (Phi) is 4.89. The molecular weight excluding hydrogens is 350 g/mol. The Balaban J connectivity index is 2.04. The number of hydrogen-bond donors (Lipinski definition) is 1. The van der Waals surface area contributed by atoms with Crippen molar-refractivity contribution in [1.82, 2.24) is 5.43 Å². The number of benzene rings is 2. The van der Waals surface area contributed by atoms with Crippen molar-refractivity contribution in [2.24, 2.45) is 0 Å². The summed E-state index contributed by atoms with van der Waals surface area (Å²) in [4.78, 5) is 35.7. The van der Waals surface area contributed by atoms with E-state index in [-0.39, 0.29) is 28.7 Å². The quantitative estimate of drug-likeness (QED) is 0.379. The number of ether oxygens (including phenoxy) is 1. The van der Waals surface area contributed by atoms with Crippen molar-refractivity contribution >= 4 is 29.3 Å². The first-order chi connectivity index (χ1) is 12.9. The Morgan fingerprint density at radius 2 is 1.81 bits per heavy atom. The van der Waals surface area contributed by atoms with Gasteiger partial charge < -0.3 is 4.74 Å². The molecule has 1 N–H and O–H groups in total. The lowest BCUT2D eigenvalue weighted by atomic mass is 10.1. The van der Waals surface area contributed by atoms with Crippen molar-refractivity contribution in [2.45, 2.75) is 20.0 Å². The molecule has 27 heavy (non-hydrogen) atoms. The number of anilines is 1. The van der Waals surface area contributed by atoms with Gasteiger partial charge in [0.05, 0.1) is 16.7 Å². The second-order valence-electron chi connectivity index (χ2n) is 6.09. The molecule has 0 aliphatic carbocycles. The number of nitrogens with one attached hydrogen (secondary N) is 1. The van der Waals surface area contributed by atoms with Gasteiger partial charge >= 0.3 is 5.69 Å². The van der Waals surface area contributed by atoms with E-state index in [0.717, 1.165) is 5.01 Å². The van der Waals surface area contributed by atoms with Crippen LogP contribution >= 0.6 is 0 Å². The minimum atomic E-state index is -0.592. The molecule has 3 rings (SSSR count). The third kappa shape index (κ3) is 3.64. The minimum absolute atomic E-state index is 0.0174. The molecule has 1 aliphatic heterocycles. The fourth-order valence-electron chi connectivity index (χ4n) is 2.64. The van der Waals surface area contributed by atoms with Gasteiger partial charge in [0.2, 0.25) is 5.75 Å². The molecule has 1 aliphatic rings. The van der Waals surface area contributed by atoms with Crippen LogP contribution in [-0.2, 0) is 9.59 Å². The fourth-order valence-corrected chi connectivity index (χ4v) is 2.64. The highest BCUT2D eigenvalue weighted by Crippen LogP contribution is 2.34. The van der Waals surface area contributed by atoms with E-state index in [0.29, 0.717) is 5.69 Å². The Hall–Kier alpha value is -3.68. The van der Waals surface area contributed by atoms with Crippen LogP contribution in [0.2, 0.25) is 0 Å². The van der Waals surface area contributed by atoms with Crippen molar-refractivity contribution in [2.75, 3.05) is 5.01 Å². The average molecular weight is 367 g/mol. The SMILES string of the molecule is CC(C)Oc1c(C=C2C(=O)NN(c3ccccc3)C2=O)cccc1[N+](=O)[O-]. The lowest BCUT2D eigenvalue weighted by Crippen LogP contribution is -2.35. The van der Waals surface area contributed by atoms with Crippen LogP contribution in [0.1, 0.15) is 19.4 Å². The normalized spacial score (nSPS) is 15.4. The zero-order valence-corrected chi connectivity index (χ0v) is 14.7. The summed E-state index contributed by atoms with van der Waals surface area (Å²) in [7, 11) is 0. The van der Waals surface area contributed by atoms with Gasteiger partial charge in [0.15, 0.2) is 0 Å². The topological polar surface area (TPSA) is 102 Å². The second kappa shape index (κ2) is 7.28. The largest absolute Gasteiger partial charge is 0.484 e. The highest BCUT2D eigenvalue weighted by atomic mass is 16.6. The molecule has 8 nitrogen and oxygen atoms in total. The van der Waals surface area contributed by atoms with Gasteiger partial charge in [0.1, 0.15) is 5.57 Å². The second-order valence-corrected chi connectivity index (χ2v) is 6.09. The van der Waals surface area contributed by atoms with Crippen molar-refractivity contribution in [3.8, 4) is 5.75 Å². The van der Waals surface area contributed by atoms with E-state index in [2.05, 4.69) is 5.43 Å². The van der Waals surface area contributed by atoms with Crippen molar-refractivity contribution in [1.29, 1.82) is 0 Å². The Morgan fingerprint density at radius 1 is 1.11 bits per heavy atom. The highest BCUT2D eigenvalue weighted by molar-refractivity contribution is 6.31. The number of nitrogens with zero attached hydrogens (tertiary/aromatic N) is 2.